The van der Waals surface area contributed by atoms with Gasteiger partial charge in [-0.3, -0.25) is 4.79 Å². The summed E-state index contributed by atoms with van der Waals surface area (Å²) in [6.07, 6.45) is 9.21. The number of amides is 1. The molecule has 1 N–H and O–H groups in total. The van der Waals surface area contributed by atoms with Crippen molar-refractivity contribution in [2.75, 3.05) is 37.6 Å². The normalized spacial score (nSPS) is 27.6. The third-order valence-corrected chi connectivity index (χ3v) is 8.66. The van der Waals surface area contributed by atoms with Crippen LogP contribution in [0.5, 0.6) is 0 Å². The predicted octanol–water partition coefficient (Wildman–Crippen LogP) is 4.25. The summed E-state index contributed by atoms with van der Waals surface area (Å²) in [6, 6.07) is 8.20. The molecule has 1 aliphatic heterocycles. The number of carbonyl (C=O) groups is 1. The van der Waals surface area contributed by atoms with Crippen molar-refractivity contribution in [1.82, 2.24) is 15.2 Å². The number of fused-ring (bicyclic) bond motifs is 1. The molecule has 6 heteroatoms. The molecule has 3 atom stereocenters. The van der Waals surface area contributed by atoms with Crippen molar-refractivity contribution in [2.24, 2.45) is 23.2 Å². The van der Waals surface area contributed by atoms with E-state index in [1.54, 1.807) is 6.92 Å². The molecule has 1 aromatic carbocycles. The molecule has 6 rings (SSSR count). The Morgan fingerprint density at radius 2 is 2.00 bits per heavy atom. The SMILES string of the molecule is CC(=O)N1CCN(c2nc3cc(Cl)ccc3cc2CNCC2CC3C=CC2C32CC2)CC1. The van der Waals surface area contributed by atoms with Gasteiger partial charge < -0.3 is 15.1 Å². The average Bonchev–Trinajstić information content (AvgIpc) is 3.46. The van der Waals surface area contributed by atoms with Gasteiger partial charge in [0.25, 0.3) is 0 Å². The third kappa shape index (κ3) is 3.41. The lowest BCUT2D eigenvalue weighted by Crippen LogP contribution is -2.48. The van der Waals surface area contributed by atoms with E-state index in [4.69, 9.17) is 16.6 Å². The number of hydrogen-bond acceptors (Lipinski definition) is 4. The maximum Gasteiger partial charge on any atom is 0.219 e. The van der Waals surface area contributed by atoms with E-state index in [0.29, 0.717) is 10.4 Å². The van der Waals surface area contributed by atoms with Crippen molar-refractivity contribution >= 4 is 34.2 Å². The quantitative estimate of drug-likeness (QED) is 0.692. The van der Waals surface area contributed by atoms with Crippen LogP contribution in [0.25, 0.3) is 10.9 Å². The number of carbonyl (C=O) groups excluding carboxylic acids is 1. The van der Waals surface area contributed by atoms with E-state index in [0.717, 1.165) is 73.7 Å². The summed E-state index contributed by atoms with van der Waals surface area (Å²) in [4.78, 5) is 21.0. The van der Waals surface area contributed by atoms with E-state index < -0.39 is 0 Å². The van der Waals surface area contributed by atoms with Crippen molar-refractivity contribution in [3.63, 3.8) is 0 Å². The van der Waals surface area contributed by atoms with Crippen molar-refractivity contribution < 1.29 is 4.79 Å². The van der Waals surface area contributed by atoms with Crippen LogP contribution in [-0.4, -0.2) is 48.5 Å². The topological polar surface area (TPSA) is 48.5 Å². The van der Waals surface area contributed by atoms with E-state index in [1.165, 1.54) is 24.8 Å². The molecule has 2 heterocycles. The highest BCUT2D eigenvalue weighted by atomic mass is 35.5. The molecule has 1 aromatic heterocycles. The molecule has 2 bridgehead atoms. The number of nitrogens with one attached hydrogen (secondary N) is 1. The highest BCUT2D eigenvalue weighted by Crippen LogP contribution is 2.69. The number of nitrogens with zero attached hydrogens (tertiary/aromatic N) is 3. The highest BCUT2D eigenvalue weighted by Gasteiger charge is 2.62. The van der Waals surface area contributed by atoms with Crippen LogP contribution in [0.3, 0.4) is 0 Å². The van der Waals surface area contributed by atoms with Crippen molar-refractivity contribution in [3.05, 3.63) is 47.0 Å². The van der Waals surface area contributed by atoms with Gasteiger partial charge in [-0.1, -0.05) is 29.8 Å². The first kappa shape index (κ1) is 20.5. The van der Waals surface area contributed by atoms with Gasteiger partial charge in [0.1, 0.15) is 5.82 Å². The second-order valence-electron chi connectivity index (χ2n) is 10.2. The number of benzene rings is 1. The smallest absolute Gasteiger partial charge is 0.219 e. The molecule has 2 saturated carbocycles. The van der Waals surface area contributed by atoms with Crippen LogP contribution in [-0.2, 0) is 11.3 Å². The fourth-order valence-corrected chi connectivity index (χ4v) is 6.73. The molecule has 1 saturated heterocycles. The summed E-state index contributed by atoms with van der Waals surface area (Å²) >= 11 is 6.25. The number of anilines is 1. The molecule has 4 aliphatic rings. The first-order chi connectivity index (χ1) is 15.5. The Kier molecular flexibility index (Phi) is 4.96. The van der Waals surface area contributed by atoms with E-state index in [1.807, 2.05) is 17.0 Å². The minimum absolute atomic E-state index is 0.151. The van der Waals surface area contributed by atoms with Gasteiger partial charge in [-0.05, 0) is 67.2 Å². The van der Waals surface area contributed by atoms with E-state index >= 15 is 0 Å². The van der Waals surface area contributed by atoms with Gasteiger partial charge in [-0.25, -0.2) is 4.98 Å². The van der Waals surface area contributed by atoms with Crippen LogP contribution in [0.1, 0.15) is 31.7 Å². The summed E-state index contributed by atoms with van der Waals surface area (Å²) in [5.41, 5.74) is 2.81. The maximum atomic E-state index is 11.8. The Bertz CT molecular complexity index is 1090. The summed E-state index contributed by atoms with van der Waals surface area (Å²) in [5, 5.41) is 5.62. The standard InChI is InChI=1S/C26H31ClN4O/c1-17(32)30-8-10-31(11-9-30)25-20(12-18-2-4-22(27)14-24(18)29-25)16-28-15-19-13-21-3-5-23(19)26(21)6-7-26/h2-5,12,14,19,21,23,28H,6-11,13,15-16H2,1H3. The lowest BCUT2D eigenvalue weighted by molar-refractivity contribution is -0.129. The number of piperazine rings is 1. The van der Waals surface area contributed by atoms with Gasteiger partial charge in [-0.15, -0.1) is 0 Å². The molecule has 32 heavy (non-hydrogen) atoms. The third-order valence-electron chi connectivity index (χ3n) is 8.43. The fraction of sp³-hybridized carbons (Fsp3) is 0.538. The number of aromatic nitrogens is 1. The second-order valence-corrected chi connectivity index (χ2v) is 10.6. The van der Waals surface area contributed by atoms with Crippen molar-refractivity contribution in [3.8, 4) is 0 Å². The number of rotatable bonds is 5. The van der Waals surface area contributed by atoms with Crippen LogP contribution in [0, 0.1) is 23.2 Å². The van der Waals surface area contributed by atoms with Crippen LogP contribution < -0.4 is 10.2 Å². The van der Waals surface area contributed by atoms with Crippen LogP contribution >= 0.6 is 11.6 Å². The molecule has 3 unspecified atom stereocenters. The molecule has 168 valence electrons. The zero-order valence-corrected chi connectivity index (χ0v) is 19.4. The Morgan fingerprint density at radius 1 is 1.19 bits per heavy atom. The maximum absolute atomic E-state index is 11.8. The van der Waals surface area contributed by atoms with Crippen molar-refractivity contribution in [2.45, 2.75) is 32.7 Å². The Morgan fingerprint density at radius 3 is 2.72 bits per heavy atom. The summed E-state index contributed by atoms with van der Waals surface area (Å²) < 4.78 is 0. The fourth-order valence-electron chi connectivity index (χ4n) is 6.56. The molecule has 1 spiro atoms. The molecule has 3 aliphatic carbocycles. The van der Waals surface area contributed by atoms with Gasteiger partial charge in [0.15, 0.2) is 0 Å². The summed E-state index contributed by atoms with van der Waals surface area (Å²) in [5.74, 6) is 3.57. The highest BCUT2D eigenvalue weighted by molar-refractivity contribution is 6.31. The number of halogens is 1. The monoisotopic (exact) mass is 450 g/mol. The molecule has 1 amide bonds. The first-order valence-corrected chi connectivity index (χ1v) is 12.4. The number of hydrogen-bond donors (Lipinski definition) is 1. The second kappa shape index (κ2) is 7.74. The molecule has 3 fully saturated rings. The minimum Gasteiger partial charge on any atom is -0.353 e. The van der Waals surface area contributed by atoms with E-state index in [-0.39, 0.29) is 5.91 Å². The summed E-state index contributed by atoms with van der Waals surface area (Å²) in [7, 11) is 0. The molecular formula is C26H31ClN4O. The van der Waals surface area contributed by atoms with E-state index in [2.05, 4.69) is 34.5 Å². The Balaban J connectivity index is 1.20. The molecule has 5 nitrogen and oxygen atoms in total. The molecular weight excluding hydrogens is 420 g/mol. The lowest BCUT2D eigenvalue weighted by atomic mass is 9.89. The number of pyridine rings is 1. The minimum atomic E-state index is 0.151. The van der Waals surface area contributed by atoms with Crippen molar-refractivity contribution in [1.29, 1.82) is 0 Å². The summed E-state index contributed by atoms with van der Waals surface area (Å²) in [6.45, 7) is 6.66. The van der Waals surface area contributed by atoms with Crippen LogP contribution in [0.2, 0.25) is 5.02 Å². The Labute approximate surface area is 194 Å². The zero-order chi connectivity index (χ0) is 21.9. The van der Waals surface area contributed by atoms with Gasteiger partial charge in [0.05, 0.1) is 5.52 Å². The largest absolute Gasteiger partial charge is 0.353 e. The molecule has 0 radical (unpaired) electrons. The zero-order valence-electron chi connectivity index (χ0n) is 18.7. The first-order valence-electron chi connectivity index (χ1n) is 12.0. The van der Waals surface area contributed by atoms with Gasteiger partial charge >= 0.3 is 0 Å². The van der Waals surface area contributed by atoms with Gasteiger partial charge in [0.2, 0.25) is 5.91 Å². The molecule has 2 aromatic rings. The van der Waals surface area contributed by atoms with Crippen LogP contribution in [0.15, 0.2) is 36.4 Å². The van der Waals surface area contributed by atoms with Crippen LogP contribution in [0.4, 0.5) is 5.82 Å². The lowest BCUT2D eigenvalue weighted by Gasteiger charge is -2.36. The predicted molar refractivity (Wildman–Crippen MR) is 129 cm³/mol. The van der Waals surface area contributed by atoms with Gasteiger partial charge in [0, 0.05) is 55.6 Å². The number of allylic oxidation sites excluding steroid dienone is 2. The van der Waals surface area contributed by atoms with E-state index in [9.17, 15) is 4.79 Å². The Hall–Kier alpha value is -2.11. The average molecular weight is 451 g/mol. The van der Waals surface area contributed by atoms with Gasteiger partial charge in [-0.2, -0.15) is 0 Å².